The lowest BCUT2D eigenvalue weighted by Crippen LogP contribution is -2.27. The van der Waals surface area contributed by atoms with Crippen molar-refractivity contribution in [3.8, 4) is 0 Å². The lowest BCUT2D eigenvalue weighted by Gasteiger charge is -2.21. The minimum absolute atomic E-state index is 0.0302. The van der Waals surface area contributed by atoms with E-state index >= 15 is 0 Å². The molecule has 0 bridgehead atoms. The molecule has 2 rings (SSSR count). The summed E-state index contributed by atoms with van der Waals surface area (Å²) < 4.78 is 26.6. The predicted octanol–water partition coefficient (Wildman–Crippen LogP) is 2.01. The van der Waals surface area contributed by atoms with Gasteiger partial charge in [0.2, 0.25) is 0 Å². The van der Waals surface area contributed by atoms with Crippen LogP contribution in [0, 0.1) is 0 Å². The van der Waals surface area contributed by atoms with Crippen molar-refractivity contribution in [3.63, 3.8) is 0 Å². The molecule has 0 aliphatic rings. The molecule has 2 aromatic carbocycles. The van der Waals surface area contributed by atoms with Gasteiger partial charge in [-0.15, -0.1) is 0 Å². The van der Waals surface area contributed by atoms with Crippen molar-refractivity contribution < 1.29 is 18.3 Å². The van der Waals surface area contributed by atoms with E-state index in [1.165, 1.54) is 19.2 Å². The smallest absolute Gasteiger partial charge is 0.322 e. The lowest BCUT2D eigenvalue weighted by molar-refractivity contribution is -0.134. The Balaban J connectivity index is 2.39. The Bertz CT molecular complexity index is 760. The standard InChI is InChI=1S/C15H16N2O4S/c1-17(12-7-3-2-4-8-12)22(20,21)14-10-6-5-9-13(14)16-11-15(18)19/h2-10,16H,11H2,1H3,(H,18,19). The fourth-order valence-electron chi connectivity index (χ4n) is 1.93. The van der Waals surface area contributed by atoms with Crippen LogP contribution in [0.25, 0.3) is 0 Å². The minimum Gasteiger partial charge on any atom is -0.480 e. The molecular formula is C15H16N2O4S. The highest BCUT2D eigenvalue weighted by Gasteiger charge is 2.24. The van der Waals surface area contributed by atoms with Crippen molar-refractivity contribution >= 4 is 27.4 Å². The molecule has 0 atom stereocenters. The van der Waals surface area contributed by atoms with Crippen molar-refractivity contribution in [1.29, 1.82) is 0 Å². The molecule has 0 heterocycles. The van der Waals surface area contributed by atoms with E-state index in [0.717, 1.165) is 4.31 Å². The maximum absolute atomic E-state index is 12.7. The minimum atomic E-state index is -3.79. The number of rotatable bonds is 6. The van der Waals surface area contributed by atoms with Gasteiger partial charge in [-0.05, 0) is 24.3 Å². The van der Waals surface area contributed by atoms with Crippen LogP contribution in [-0.2, 0) is 14.8 Å². The van der Waals surface area contributed by atoms with Crippen LogP contribution in [0.1, 0.15) is 0 Å². The van der Waals surface area contributed by atoms with Gasteiger partial charge >= 0.3 is 5.97 Å². The summed E-state index contributed by atoms with van der Waals surface area (Å²) in [5.74, 6) is -1.07. The summed E-state index contributed by atoms with van der Waals surface area (Å²) in [7, 11) is -2.34. The molecule has 116 valence electrons. The number of hydrogen-bond donors (Lipinski definition) is 2. The van der Waals surface area contributed by atoms with Gasteiger partial charge in [-0.3, -0.25) is 9.10 Å². The first-order valence-corrected chi connectivity index (χ1v) is 7.95. The van der Waals surface area contributed by atoms with Gasteiger partial charge in [-0.2, -0.15) is 0 Å². The number of carbonyl (C=O) groups is 1. The predicted molar refractivity (Wildman–Crippen MR) is 84.6 cm³/mol. The average molecular weight is 320 g/mol. The average Bonchev–Trinajstić information content (AvgIpc) is 2.53. The zero-order valence-corrected chi connectivity index (χ0v) is 12.7. The van der Waals surface area contributed by atoms with Crippen molar-refractivity contribution in [2.75, 3.05) is 23.2 Å². The molecule has 7 heteroatoms. The number of carboxylic acid groups (broad SMARTS) is 1. The molecule has 0 fully saturated rings. The normalized spacial score (nSPS) is 11.0. The largest absolute Gasteiger partial charge is 0.480 e. The van der Waals surface area contributed by atoms with E-state index in [1.54, 1.807) is 42.5 Å². The fraction of sp³-hybridized carbons (Fsp3) is 0.133. The topological polar surface area (TPSA) is 86.7 Å². The summed E-state index contributed by atoms with van der Waals surface area (Å²) in [5.41, 5.74) is 0.781. The summed E-state index contributed by atoms with van der Waals surface area (Å²) in [4.78, 5) is 10.7. The third kappa shape index (κ3) is 3.37. The van der Waals surface area contributed by atoms with Gasteiger partial charge < -0.3 is 10.4 Å². The van der Waals surface area contributed by atoms with E-state index in [4.69, 9.17) is 5.11 Å². The third-order valence-electron chi connectivity index (χ3n) is 3.08. The highest BCUT2D eigenvalue weighted by atomic mass is 32.2. The van der Waals surface area contributed by atoms with Crippen LogP contribution in [0.5, 0.6) is 0 Å². The molecule has 2 aromatic rings. The summed E-state index contributed by atoms with van der Waals surface area (Å²) in [6, 6.07) is 14.9. The summed E-state index contributed by atoms with van der Waals surface area (Å²) >= 11 is 0. The van der Waals surface area contributed by atoms with Crippen molar-refractivity contribution in [3.05, 3.63) is 54.6 Å². The van der Waals surface area contributed by atoms with Crippen LogP contribution >= 0.6 is 0 Å². The third-order valence-corrected chi connectivity index (χ3v) is 4.92. The van der Waals surface area contributed by atoms with Gasteiger partial charge in [0.1, 0.15) is 11.4 Å². The van der Waals surface area contributed by atoms with Gasteiger partial charge in [0.25, 0.3) is 10.0 Å². The maximum Gasteiger partial charge on any atom is 0.322 e. The van der Waals surface area contributed by atoms with Crippen LogP contribution < -0.4 is 9.62 Å². The molecule has 0 radical (unpaired) electrons. The fourth-order valence-corrected chi connectivity index (χ4v) is 3.30. The number of sulfonamides is 1. The monoisotopic (exact) mass is 320 g/mol. The van der Waals surface area contributed by atoms with Gasteiger partial charge in [0.05, 0.1) is 11.4 Å². The molecule has 0 saturated carbocycles. The van der Waals surface area contributed by atoms with E-state index in [9.17, 15) is 13.2 Å². The molecule has 0 saturated heterocycles. The molecule has 6 nitrogen and oxygen atoms in total. The van der Waals surface area contributed by atoms with Crippen LogP contribution in [-0.4, -0.2) is 33.1 Å². The van der Waals surface area contributed by atoms with Gasteiger partial charge in [0.15, 0.2) is 0 Å². The number of anilines is 2. The first-order chi connectivity index (χ1) is 10.4. The molecule has 0 spiro atoms. The van der Waals surface area contributed by atoms with E-state index in [1.807, 2.05) is 0 Å². The highest BCUT2D eigenvalue weighted by Crippen LogP contribution is 2.27. The molecule has 0 aromatic heterocycles. The van der Waals surface area contributed by atoms with E-state index in [2.05, 4.69) is 5.32 Å². The first kappa shape index (κ1) is 15.8. The Labute approximate surface area is 129 Å². The maximum atomic E-state index is 12.7. The number of nitrogens with one attached hydrogen (secondary N) is 1. The number of hydrogen-bond acceptors (Lipinski definition) is 4. The summed E-state index contributed by atoms with van der Waals surface area (Å²) in [6.45, 7) is -0.360. The summed E-state index contributed by atoms with van der Waals surface area (Å²) in [6.07, 6.45) is 0. The molecule has 0 aliphatic heterocycles. The number of benzene rings is 2. The zero-order valence-electron chi connectivity index (χ0n) is 11.9. The quantitative estimate of drug-likeness (QED) is 0.850. The number of aliphatic carboxylic acids is 1. The lowest BCUT2D eigenvalue weighted by atomic mass is 10.3. The molecule has 0 aliphatic carbocycles. The molecular weight excluding hydrogens is 304 g/mol. The van der Waals surface area contributed by atoms with E-state index in [0.29, 0.717) is 5.69 Å². The van der Waals surface area contributed by atoms with Crippen LogP contribution in [0.4, 0.5) is 11.4 Å². The number of para-hydroxylation sites is 2. The van der Waals surface area contributed by atoms with Gasteiger partial charge in [-0.25, -0.2) is 8.42 Å². The van der Waals surface area contributed by atoms with Crippen LogP contribution in [0.3, 0.4) is 0 Å². The second kappa shape index (κ2) is 6.48. The Morgan fingerprint density at radius 2 is 1.68 bits per heavy atom. The molecule has 0 amide bonds. The van der Waals surface area contributed by atoms with Crippen molar-refractivity contribution in [2.45, 2.75) is 4.90 Å². The van der Waals surface area contributed by atoms with Crippen molar-refractivity contribution in [1.82, 2.24) is 0 Å². The SMILES string of the molecule is CN(c1ccccc1)S(=O)(=O)c1ccccc1NCC(=O)O. The van der Waals surface area contributed by atoms with Crippen LogP contribution in [0.2, 0.25) is 0 Å². The molecule has 2 N–H and O–H groups in total. The highest BCUT2D eigenvalue weighted by molar-refractivity contribution is 7.93. The second-order valence-corrected chi connectivity index (χ2v) is 6.49. The Morgan fingerprint density at radius 3 is 2.32 bits per heavy atom. The van der Waals surface area contributed by atoms with Crippen molar-refractivity contribution in [2.24, 2.45) is 0 Å². The number of nitrogens with zero attached hydrogens (tertiary/aromatic N) is 1. The van der Waals surface area contributed by atoms with E-state index in [-0.39, 0.29) is 17.1 Å². The Hall–Kier alpha value is -2.54. The molecule has 22 heavy (non-hydrogen) atoms. The molecule has 0 unspecified atom stereocenters. The first-order valence-electron chi connectivity index (χ1n) is 6.51. The Morgan fingerprint density at radius 1 is 1.09 bits per heavy atom. The van der Waals surface area contributed by atoms with Gasteiger partial charge in [0, 0.05) is 7.05 Å². The van der Waals surface area contributed by atoms with Crippen LogP contribution in [0.15, 0.2) is 59.5 Å². The Kier molecular flexibility index (Phi) is 4.67. The van der Waals surface area contributed by atoms with E-state index < -0.39 is 16.0 Å². The second-order valence-electron chi connectivity index (χ2n) is 4.55. The zero-order chi connectivity index (χ0) is 16.2. The van der Waals surface area contributed by atoms with Gasteiger partial charge in [-0.1, -0.05) is 30.3 Å². The summed E-state index contributed by atoms with van der Waals surface area (Å²) in [5, 5.41) is 11.4. The number of carboxylic acids is 1.